The van der Waals surface area contributed by atoms with Crippen molar-refractivity contribution in [1.29, 1.82) is 0 Å². The molecule has 1 aliphatic carbocycles. The number of benzene rings is 3. The van der Waals surface area contributed by atoms with Crippen LogP contribution in [0, 0.1) is 0 Å². The molecule has 1 saturated carbocycles. The minimum Gasteiger partial charge on any atom is -0.497 e. The monoisotopic (exact) mass is 421 g/mol. The van der Waals surface area contributed by atoms with Crippen LogP contribution in [-0.2, 0) is 10.2 Å². The highest BCUT2D eigenvalue weighted by atomic mass is 35.5. The third kappa shape index (κ3) is 3.25. The van der Waals surface area contributed by atoms with E-state index in [0.717, 1.165) is 41.0 Å². The van der Waals surface area contributed by atoms with Crippen molar-refractivity contribution >= 4 is 23.2 Å². The van der Waals surface area contributed by atoms with Crippen molar-refractivity contribution in [1.82, 2.24) is 0 Å². The summed E-state index contributed by atoms with van der Waals surface area (Å²) in [7, 11) is 1.63. The average molecular weight is 422 g/mol. The van der Waals surface area contributed by atoms with Crippen molar-refractivity contribution < 1.29 is 19.0 Å². The second kappa shape index (κ2) is 7.26. The maximum Gasteiger partial charge on any atom is 0.235 e. The summed E-state index contributed by atoms with van der Waals surface area (Å²) in [6.45, 7) is 0.218. The molecule has 1 heterocycles. The van der Waals surface area contributed by atoms with Gasteiger partial charge in [0.2, 0.25) is 12.7 Å². The van der Waals surface area contributed by atoms with Gasteiger partial charge < -0.3 is 19.5 Å². The number of methoxy groups -OCH3 is 1. The lowest BCUT2D eigenvalue weighted by Crippen LogP contribution is -2.27. The summed E-state index contributed by atoms with van der Waals surface area (Å²) in [4.78, 5) is 13.2. The van der Waals surface area contributed by atoms with Crippen LogP contribution in [0.3, 0.4) is 0 Å². The van der Waals surface area contributed by atoms with Gasteiger partial charge in [-0.2, -0.15) is 0 Å². The highest BCUT2D eigenvalue weighted by molar-refractivity contribution is 6.33. The fourth-order valence-electron chi connectivity index (χ4n) is 3.83. The van der Waals surface area contributed by atoms with Gasteiger partial charge in [0.25, 0.3) is 0 Å². The first-order valence-corrected chi connectivity index (χ1v) is 10.1. The van der Waals surface area contributed by atoms with Crippen molar-refractivity contribution in [3.63, 3.8) is 0 Å². The third-order valence-electron chi connectivity index (χ3n) is 5.71. The van der Waals surface area contributed by atoms with Gasteiger partial charge in [0, 0.05) is 16.3 Å². The predicted molar refractivity (Wildman–Crippen MR) is 116 cm³/mol. The Morgan fingerprint density at radius 1 is 1.03 bits per heavy atom. The Labute approximate surface area is 179 Å². The Kier molecular flexibility index (Phi) is 4.55. The first-order valence-electron chi connectivity index (χ1n) is 9.75. The normalized spacial score (nSPS) is 15.5. The number of amides is 1. The molecule has 0 unspecified atom stereocenters. The summed E-state index contributed by atoms with van der Waals surface area (Å²) in [5.41, 5.74) is 2.88. The summed E-state index contributed by atoms with van der Waals surface area (Å²) in [6.07, 6.45) is 1.60. The van der Waals surface area contributed by atoms with Gasteiger partial charge in [-0.25, -0.2) is 0 Å². The Balaban J connectivity index is 1.41. The van der Waals surface area contributed by atoms with Gasteiger partial charge in [0.15, 0.2) is 11.5 Å². The van der Waals surface area contributed by atoms with E-state index in [1.165, 1.54) is 0 Å². The number of nitrogens with one attached hydrogen (secondary N) is 1. The molecule has 0 bridgehead atoms. The Morgan fingerprint density at radius 2 is 1.87 bits per heavy atom. The maximum absolute atomic E-state index is 13.2. The number of carbonyl (C=O) groups excluding carboxylic acids is 1. The summed E-state index contributed by atoms with van der Waals surface area (Å²) < 4.78 is 16.2. The van der Waals surface area contributed by atoms with Gasteiger partial charge in [0.1, 0.15) is 5.75 Å². The lowest BCUT2D eigenvalue weighted by Gasteiger charge is -2.17. The molecule has 0 spiro atoms. The van der Waals surface area contributed by atoms with Crippen LogP contribution >= 0.6 is 11.6 Å². The Bertz CT molecular complexity index is 1140. The van der Waals surface area contributed by atoms with Crippen molar-refractivity contribution in [2.45, 2.75) is 18.3 Å². The van der Waals surface area contributed by atoms with Crippen LogP contribution in [0.25, 0.3) is 11.1 Å². The molecule has 5 rings (SSSR count). The summed E-state index contributed by atoms with van der Waals surface area (Å²) >= 11 is 6.44. The molecule has 2 aliphatic rings. The van der Waals surface area contributed by atoms with E-state index in [1.54, 1.807) is 13.2 Å². The molecule has 0 aromatic heterocycles. The van der Waals surface area contributed by atoms with Gasteiger partial charge >= 0.3 is 0 Å². The van der Waals surface area contributed by atoms with E-state index in [-0.39, 0.29) is 12.7 Å². The average Bonchev–Trinajstić information content (AvgIpc) is 3.46. The molecule has 1 N–H and O–H groups in total. The third-order valence-corrected chi connectivity index (χ3v) is 6.04. The van der Waals surface area contributed by atoms with E-state index >= 15 is 0 Å². The van der Waals surface area contributed by atoms with Gasteiger partial charge in [0.05, 0.1) is 12.5 Å². The molecular formula is C24H20ClNO4. The number of anilines is 1. The zero-order valence-corrected chi connectivity index (χ0v) is 17.2. The number of hydrogen-bond donors (Lipinski definition) is 1. The van der Waals surface area contributed by atoms with E-state index in [0.29, 0.717) is 16.5 Å². The molecule has 152 valence electrons. The predicted octanol–water partition coefficient (Wildman–Crippen LogP) is 5.41. The molecule has 0 radical (unpaired) electrons. The van der Waals surface area contributed by atoms with Crippen LogP contribution in [0.4, 0.5) is 5.69 Å². The first kappa shape index (κ1) is 18.8. The molecule has 1 amide bonds. The zero-order valence-electron chi connectivity index (χ0n) is 16.4. The summed E-state index contributed by atoms with van der Waals surface area (Å²) in [5.74, 6) is 2.13. The molecule has 1 aliphatic heterocycles. The highest BCUT2D eigenvalue weighted by Crippen LogP contribution is 2.51. The van der Waals surface area contributed by atoms with Crippen molar-refractivity contribution in [2.75, 3.05) is 19.2 Å². The van der Waals surface area contributed by atoms with E-state index < -0.39 is 5.41 Å². The van der Waals surface area contributed by atoms with E-state index in [9.17, 15) is 4.79 Å². The zero-order chi connectivity index (χ0) is 20.7. The number of carbonyl (C=O) groups is 1. The molecular weight excluding hydrogens is 402 g/mol. The van der Waals surface area contributed by atoms with Crippen LogP contribution in [0.1, 0.15) is 18.4 Å². The Morgan fingerprint density at radius 3 is 2.67 bits per heavy atom. The van der Waals surface area contributed by atoms with E-state index in [4.69, 9.17) is 25.8 Å². The topological polar surface area (TPSA) is 56.8 Å². The van der Waals surface area contributed by atoms with E-state index in [1.807, 2.05) is 54.6 Å². The number of rotatable bonds is 5. The van der Waals surface area contributed by atoms with Gasteiger partial charge in [-0.3, -0.25) is 4.79 Å². The second-order valence-corrected chi connectivity index (χ2v) is 7.94. The largest absolute Gasteiger partial charge is 0.497 e. The maximum atomic E-state index is 13.2. The molecule has 0 atom stereocenters. The fraction of sp³-hybridized carbons (Fsp3) is 0.208. The minimum atomic E-state index is -0.531. The smallest absolute Gasteiger partial charge is 0.235 e. The lowest BCUT2D eigenvalue weighted by molar-refractivity contribution is -0.118. The minimum absolute atomic E-state index is 0.0275. The van der Waals surface area contributed by atoms with Crippen LogP contribution in [0.5, 0.6) is 17.2 Å². The quantitative estimate of drug-likeness (QED) is 0.598. The summed E-state index contributed by atoms with van der Waals surface area (Å²) in [5, 5.41) is 3.69. The van der Waals surface area contributed by atoms with Crippen LogP contribution in [0.15, 0.2) is 60.7 Å². The first-order chi connectivity index (χ1) is 14.6. The number of hydrogen-bond acceptors (Lipinski definition) is 4. The fourth-order valence-corrected chi connectivity index (χ4v) is 4.06. The van der Waals surface area contributed by atoms with Crippen LogP contribution in [-0.4, -0.2) is 19.8 Å². The summed E-state index contributed by atoms with van der Waals surface area (Å²) in [6, 6.07) is 18.9. The highest BCUT2D eigenvalue weighted by Gasteiger charge is 2.51. The van der Waals surface area contributed by atoms with Crippen molar-refractivity contribution in [2.24, 2.45) is 0 Å². The van der Waals surface area contributed by atoms with Gasteiger partial charge in [-0.05, 0) is 66.4 Å². The standard InChI is InChI=1S/C24H20ClNO4/c1-28-18-4-2-3-15(11-18)19-13-17(6-7-20(19)25)26-23(27)24(9-10-24)16-5-8-21-22(12-16)30-14-29-21/h2-8,11-13H,9-10,14H2,1H3,(H,26,27). The number of ether oxygens (including phenoxy) is 3. The molecule has 3 aromatic rings. The SMILES string of the molecule is COc1cccc(-c2cc(NC(=O)C3(c4ccc5c(c4)OCO5)CC3)ccc2Cl)c1. The van der Waals surface area contributed by atoms with E-state index in [2.05, 4.69) is 5.32 Å². The van der Waals surface area contributed by atoms with Gasteiger partial charge in [-0.1, -0.05) is 29.8 Å². The van der Waals surface area contributed by atoms with Gasteiger partial charge in [-0.15, -0.1) is 0 Å². The van der Waals surface area contributed by atoms with Crippen molar-refractivity contribution in [3.05, 3.63) is 71.2 Å². The Hall–Kier alpha value is -3.18. The number of halogens is 1. The van der Waals surface area contributed by atoms with Crippen LogP contribution in [0.2, 0.25) is 5.02 Å². The van der Waals surface area contributed by atoms with Crippen LogP contribution < -0.4 is 19.5 Å². The molecule has 6 heteroatoms. The molecule has 1 fully saturated rings. The van der Waals surface area contributed by atoms with Crippen molar-refractivity contribution in [3.8, 4) is 28.4 Å². The molecule has 3 aromatic carbocycles. The number of fused-ring (bicyclic) bond motifs is 1. The second-order valence-electron chi connectivity index (χ2n) is 7.53. The molecule has 5 nitrogen and oxygen atoms in total. The molecule has 0 saturated heterocycles. The molecule has 30 heavy (non-hydrogen) atoms. The lowest BCUT2D eigenvalue weighted by atomic mass is 9.94.